The van der Waals surface area contributed by atoms with Crippen LogP contribution in [0, 0.1) is 11.8 Å². The van der Waals surface area contributed by atoms with Crippen LogP contribution in [0.25, 0.3) is 0 Å². The van der Waals surface area contributed by atoms with E-state index in [1.807, 2.05) is 0 Å². The van der Waals surface area contributed by atoms with Crippen molar-refractivity contribution in [3.05, 3.63) is 0 Å². The molecule has 1 aliphatic heterocycles. The molecule has 2 unspecified atom stereocenters. The topological polar surface area (TPSA) is 32.5 Å². The Bertz CT molecular complexity index is 230. The van der Waals surface area contributed by atoms with Crippen LogP contribution in [0.3, 0.4) is 0 Å². The first-order chi connectivity index (χ1) is 9.08. The third-order valence-corrected chi connectivity index (χ3v) is 4.78. The second-order valence-electron chi connectivity index (χ2n) is 6.50. The van der Waals surface area contributed by atoms with Gasteiger partial charge in [0.25, 0.3) is 0 Å². The lowest BCUT2D eigenvalue weighted by Gasteiger charge is -2.39. The lowest BCUT2D eigenvalue weighted by atomic mass is 9.88. The quantitative estimate of drug-likeness (QED) is 0.734. The fourth-order valence-corrected chi connectivity index (χ4v) is 3.35. The predicted octanol–water partition coefficient (Wildman–Crippen LogP) is 2.41. The maximum Gasteiger partial charge on any atom is 0.0195 e. The Morgan fingerprint density at radius 2 is 1.95 bits per heavy atom. The Morgan fingerprint density at radius 3 is 2.47 bits per heavy atom. The highest BCUT2D eigenvalue weighted by Crippen LogP contribution is 2.21. The van der Waals surface area contributed by atoms with Gasteiger partial charge >= 0.3 is 0 Å². The van der Waals surface area contributed by atoms with Crippen LogP contribution < -0.4 is 5.73 Å². The van der Waals surface area contributed by atoms with Crippen LogP contribution in [0.15, 0.2) is 0 Å². The Morgan fingerprint density at radius 1 is 1.21 bits per heavy atom. The van der Waals surface area contributed by atoms with Gasteiger partial charge in [-0.15, -0.1) is 0 Å². The van der Waals surface area contributed by atoms with Gasteiger partial charge in [0.1, 0.15) is 0 Å². The van der Waals surface area contributed by atoms with Crippen molar-refractivity contribution in [2.45, 2.75) is 53.0 Å². The fourth-order valence-electron chi connectivity index (χ4n) is 3.35. The molecule has 0 amide bonds. The summed E-state index contributed by atoms with van der Waals surface area (Å²) in [5, 5.41) is 0. The van der Waals surface area contributed by atoms with Gasteiger partial charge in [-0.05, 0) is 57.7 Å². The third-order valence-electron chi connectivity index (χ3n) is 4.78. The smallest absolute Gasteiger partial charge is 0.0195 e. The van der Waals surface area contributed by atoms with Crippen LogP contribution in [0.2, 0.25) is 0 Å². The summed E-state index contributed by atoms with van der Waals surface area (Å²) in [7, 11) is 0. The number of hydrogen-bond acceptors (Lipinski definition) is 3. The number of likely N-dealkylation sites (N-methyl/N-ethyl adjacent to an activating group) is 1. The normalized spacial score (nSPS) is 24.0. The molecule has 1 saturated heterocycles. The van der Waals surface area contributed by atoms with E-state index in [0.29, 0.717) is 0 Å². The van der Waals surface area contributed by atoms with E-state index in [4.69, 9.17) is 5.73 Å². The first kappa shape index (κ1) is 16.9. The zero-order chi connectivity index (χ0) is 14.3. The van der Waals surface area contributed by atoms with Gasteiger partial charge in [-0.3, -0.25) is 4.90 Å². The van der Waals surface area contributed by atoms with Crippen LogP contribution in [0.4, 0.5) is 0 Å². The molecule has 0 aromatic carbocycles. The molecule has 0 aromatic heterocycles. The minimum atomic E-state index is 0.726. The average molecular weight is 269 g/mol. The van der Waals surface area contributed by atoms with Crippen LogP contribution >= 0.6 is 0 Å². The van der Waals surface area contributed by atoms with Gasteiger partial charge in [0.2, 0.25) is 0 Å². The van der Waals surface area contributed by atoms with E-state index < -0.39 is 0 Å². The van der Waals surface area contributed by atoms with Crippen molar-refractivity contribution in [3.8, 4) is 0 Å². The Kier molecular flexibility index (Phi) is 7.96. The van der Waals surface area contributed by atoms with Gasteiger partial charge in [0, 0.05) is 25.7 Å². The van der Waals surface area contributed by atoms with Gasteiger partial charge in [-0.2, -0.15) is 0 Å². The van der Waals surface area contributed by atoms with Crippen LogP contribution in [0.5, 0.6) is 0 Å². The van der Waals surface area contributed by atoms with Gasteiger partial charge in [0.05, 0.1) is 0 Å². The summed E-state index contributed by atoms with van der Waals surface area (Å²) in [6.45, 7) is 16.4. The molecule has 0 bridgehead atoms. The monoisotopic (exact) mass is 269 g/mol. The molecule has 1 heterocycles. The molecule has 0 saturated carbocycles. The van der Waals surface area contributed by atoms with Crippen molar-refractivity contribution in [1.82, 2.24) is 9.80 Å². The molecular formula is C16H35N3. The zero-order valence-corrected chi connectivity index (χ0v) is 13.6. The molecule has 0 aliphatic carbocycles. The first-order valence-corrected chi connectivity index (χ1v) is 8.24. The highest BCUT2D eigenvalue weighted by molar-refractivity contribution is 4.78. The van der Waals surface area contributed by atoms with Crippen molar-refractivity contribution >= 4 is 0 Å². The number of hydrogen-bond donors (Lipinski definition) is 1. The number of piperazine rings is 1. The molecule has 2 atom stereocenters. The molecule has 0 spiro atoms. The largest absolute Gasteiger partial charge is 0.330 e. The Balaban J connectivity index is 2.22. The fraction of sp³-hybridized carbons (Fsp3) is 1.00. The van der Waals surface area contributed by atoms with E-state index in [1.165, 1.54) is 52.0 Å². The zero-order valence-electron chi connectivity index (χ0n) is 13.6. The third kappa shape index (κ3) is 5.80. The maximum atomic E-state index is 5.71. The van der Waals surface area contributed by atoms with E-state index in [0.717, 1.165) is 24.4 Å². The van der Waals surface area contributed by atoms with Crippen LogP contribution in [-0.4, -0.2) is 55.1 Å². The predicted molar refractivity (Wildman–Crippen MR) is 84.4 cm³/mol. The number of nitrogens with zero attached hydrogens (tertiary/aromatic N) is 2. The minimum absolute atomic E-state index is 0.726. The van der Waals surface area contributed by atoms with E-state index >= 15 is 0 Å². The first-order valence-electron chi connectivity index (χ1n) is 8.24. The van der Waals surface area contributed by atoms with Crippen molar-refractivity contribution in [1.29, 1.82) is 0 Å². The van der Waals surface area contributed by atoms with E-state index in [1.54, 1.807) is 0 Å². The van der Waals surface area contributed by atoms with E-state index in [-0.39, 0.29) is 0 Å². The summed E-state index contributed by atoms with van der Waals surface area (Å²) >= 11 is 0. The summed E-state index contributed by atoms with van der Waals surface area (Å²) in [6, 6.07) is 0.726. The van der Waals surface area contributed by atoms with Crippen molar-refractivity contribution in [3.63, 3.8) is 0 Å². The summed E-state index contributed by atoms with van der Waals surface area (Å²) in [5.41, 5.74) is 5.71. The lowest BCUT2D eigenvalue weighted by molar-refractivity contribution is 0.0854. The van der Waals surface area contributed by atoms with Crippen LogP contribution in [0.1, 0.15) is 47.0 Å². The van der Waals surface area contributed by atoms with Crippen LogP contribution in [-0.2, 0) is 0 Å². The second-order valence-corrected chi connectivity index (χ2v) is 6.50. The molecule has 3 nitrogen and oxygen atoms in total. The van der Waals surface area contributed by atoms with E-state index in [2.05, 4.69) is 37.5 Å². The summed E-state index contributed by atoms with van der Waals surface area (Å²) < 4.78 is 0. The SMILES string of the molecule is CCN1CCN(CCCC(CCN)C(C)C)CC1C. The maximum absolute atomic E-state index is 5.71. The molecule has 1 aliphatic rings. The van der Waals surface area contributed by atoms with Gasteiger partial charge in [-0.1, -0.05) is 20.8 Å². The lowest BCUT2D eigenvalue weighted by Crippen LogP contribution is -2.51. The van der Waals surface area contributed by atoms with Gasteiger partial charge in [-0.25, -0.2) is 0 Å². The van der Waals surface area contributed by atoms with Crippen molar-refractivity contribution in [2.24, 2.45) is 17.6 Å². The molecule has 1 fully saturated rings. The van der Waals surface area contributed by atoms with Crippen molar-refractivity contribution < 1.29 is 0 Å². The van der Waals surface area contributed by atoms with Crippen molar-refractivity contribution in [2.75, 3.05) is 39.3 Å². The summed E-state index contributed by atoms with van der Waals surface area (Å²) in [6.07, 6.45) is 3.87. The standard InChI is InChI=1S/C16H35N3/c1-5-19-12-11-18(13-15(19)4)10-6-7-16(8-9-17)14(2)3/h14-16H,5-13,17H2,1-4H3. The molecule has 1 rings (SSSR count). The number of nitrogens with two attached hydrogens (primary N) is 1. The molecule has 2 N–H and O–H groups in total. The highest BCUT2D eigenvalue weighted by atomic mass is 15.3. The number of rotatable bonds is 8. The molecule has 19 heavy (non-hydrogen) atoms. The average Bonchev–Trinajstić information content (AvgIpc) is 2.37. The van der Waals surface area contributed by atoms with Gasteiger partial charge in [0.15, 0.2) is 0 Å². The second kappa shape index (κ2) is 8.93. The molecular weight excluding hydrogens is 234 g/mol. The van der Waals surface area contributed by atoms with Gasteiger partial charge < -0.3 is 10.6 Å². The van der Waals surface area contributed by atoms with E-state index in [9.17, 15) is 0 Å². The molecule has 0 aromatic rings. The summed E-state index contributed by atoms with van der Waals surface area (Å²) in [5.74, 6) is 1.60. The molecule has 3 heteroatoms. The molecule has 0 radical (unpaired) electrons. The highest BCUT2D eigenvalue weighted by Gasteiger charge is 2.22. The Hall–Kier alpha value is -0.120. The minimum Gasteiger partial charge on any atom is -0.330 e. The molecule has 114 valence electrons. The Labute approximate surface area is 120 Å². The summed E-state index contributed by atoms with van der Waals surface area (Å²) in [4.78, 5) is 5.23.